The van der Waals surface area contributed by atoms with Gasteiger partial charge in [-0.05, 0) is 37.3 Å². The number of pyridine rings is 1. The molecule has 0 atom stereocenters. The van der Waals surface area contributed by atoms with Crippen LogP contribution in [0.3, 0.4) is 0 Å². The molecule has 0 aliphatic heterocycles. The standard InChI is InChI=1S/C17H14N8O2S/c1-8-4-9(2)19-17-13(8)14-15(28-17)16-20-11(21-24(16)7-18-14)6-23-10(3)5-12(22-23)25(26)27/h4-5,7H,6H2,1-3H3. The first-order valence-corrected chi connectivity index (χ1v) is 9.32. The topological polar surface area (TPSA) is 117 Å². The molecule has 11 heteroatoms. The Bertz CT molecular complexity index is 1410. The molecule has 5 aromatic heterocycles. The number of aryl methyl sites for hydroxylation is 3. The van der Waals surface area contributed by atoms with Crippen molar-refractivity contribution in [3.8, 4) is 0 Å². The quantitative estimate of drug-likeness (QED) is 0.341. The molecule has 28 heavy (non-hydrogen) atoms. The number of hydrogen-bond donors (Lipinski definition) is 0. The molecule has 0 N–H and O–H groups in total. The molecule has 0 bridgehead atoms. The van der Waals surface area contributed by atoms with Gasteiger partial charge in [0.15, 0.2) is 11.5 Å². The average molecular weight is 394 g/mol. The molecular weight excluding hydrogens is 380 g/mol. The number of nitrogens with zero attached hydrogens (tertiary/aromatic N) is 8. The van der Waals surface area contributed by atoms with Crippen molar-refractivity contribution in [1.82, 2.24) is 34.3 Å². The van der Waals surface area contributed by atoms with Gasteiger partial charge in [-0.3, -0.25) is 0 Å². The van der Waals surface area contributed by atoms with Crippen LogP contribution in [0, 0.1) is 30.9 Å². The molecule has 0 amide bonds. The van der Waals surface area contributed by atoms with Gasteiger partial charge in [0.05, 0.1) is 22.4 Å². The lowest BCUT2D eigenvalue weighted by Crippen LogP contribution is -2.06. The Morgan fingerprint density at radius 2 is 2.00 bits per heavy atom. The van der Waals surface area contributed by atoms with Gasteiger partial charge in [0.1, 0.15) is 22.4 Å². The van der Waals surface area contributed by atoms with Crippen molar-refractivity contribution in [1.29, 1.82) is 0 Å². The number of rotatable bonds is 3. The van der Waals surface area contributed by atoms with Gasteiger partial charge in [-0.25, -0.2) is 19.5 Å². The van der Waals surface area contributed by atoms with Crippen molar-refractivity contribution < 1.29 is 4.92 Å². The molecular formula is C17H14N8O2S. The molecule has 0 spiro atoms. The van der Waals surface area contributed by atoms with E-state index in [1.165, 1.54) is 10.7 Å². The maximum absolute atomic E-state index is 10.9. The summed E-state index contributed by atoms with van der Waals surface area (Å²) in [4.78, 5) is 25.2. The summed E-state index contributed by atoms with van der Waals surface area (Å²) < 4.78 is 4.07. The number of nitro groups is 1. The fourth-order valence-electron chi connectivity index (χ4n) is 3.36. The smallest absolute Gasteiger partial charge is 0.358 e. The van der Waals surface area contributed by atoms with Crippen molar-refractivity contribution in [2.75, 3.05) is 0 Å². The molecule has 0 saturated carbocycles. The molecule has 10 nitrogen and oxygen atoms in total. The highest BCUT2D eigenvalue weighted by molar-refractivity contribution is 7.26. The zero-order valence-electron chi connectivity index (χ0n) is 15.2. The minimum absolute atomic E-state index is 0.188. The van der Waals surface area contributed by atoms with Crippen molar-refractivity contribution in [2.45, 2.75) is 27.3 Å². The van der Waals surface area contributed by atoms with Crippen LogP contribution < -0.4 is 0 Å². The molecule has 0 aromatic carbocycles. The highest BCUT2D eigenvalue weighted by Gasteiger charge is 2.19. The zero-order chi connectivity index (χ0) is 19.6. The summed E-state index contributed by atoms with van der Waals surface area (Å²) in [7, 11) is 0. The van der Waals surface area contributed by atoms with E-state index in [0.29, 0.717) is 17.2 Å². The minimum atomic E-state index is -0.511. The largest absolute Gasteiger partial charge is 0.390 e. The summed E-state index contributed by atoms with van der Waals surface area (Å²) >= 11 is 1.54. The third-order valence-corrected chi connectivity index (χ3v) is 5.65. The average Bonchev–Trinajstić information content (AvgIpc) is 3.29. The second-order valence-electron chi connectivity index (χ2n) is 6.64. The Morgan fingerprint density at radius 3 is 2.75 bits per heavy atom. The molecule has 0 aliphatic rings. The van der Waals surface area contributed by atoms with Crippen molar-refractivity contribution in [2.24, 2.45) is 0 Å². The lowest BCUT2D eigenvalue weighted by atomic mass is 10.1. The van der Waals surface area contributed by atoms with Gasteiger partial charge in [-0.1, -0.05) is 0 Å². The molecule has 0 radical (unpaired) electrons. The van der Waals surface area contributed by atoms with Crippen LogP contribution >= 0.6 is 11.3 Å². The van der Waals surface area contributed by atoms with Crippen LogP contribution in [0.4, 0.5) is 5.82 Å². The SMILES string of the molecule is Cc1cc(C)c2c(n1)sc1c2ncn2nc(Cn3nc([N+](=O)[O-])cc3C)nc12. The monoisotopic (exact) mass is 394 g/mol. The van der Waals surface area contributed by atoms with Crippen molar-refractivity contribution in [3.63, 3.8) is 0 Å². The van der Waals surface area contributed by atoms with Crippen molar-refractivity contribution >= 4 is 43.2 Å². The fourth-order valence-corrected chi connectivity index (χ4v) is 4.58. The summed E-state index contributed by atoms with van der Waals surface area (Å²) in [5.74, 6) is 0.320. The van der Waals surface area contributed by atoms with Crippen LogP contribution in [0.25, 0.3) is 26.1 Å². The van der Waals surface area contributed by atoms with Gasteiger partial charge < -0.3 is 10.1 Å². The van der Waals surface area contributed by atoms with E-state index in [-0.39, 0.29) is 12.4 Å². The highest BCUT2D eigenvalue weighted by Crippen LogP contribution is 2.35. The first-order chi connectivity index (χ1) is 13.4. The minimum Gasteiger partial charge on any atom is -0.358 e. The maximum atomic E-state index is 10.9. The van der Waals surface area contributed by atoms with Crippen LogP contribution in [-0.4, -0.2) is 39.3 Å². The number of aromatic nitrogens is 7. The van der Waals surface area contributed by atoms with Gasteiger partial charge in [-0.15, -0.1) is 16.4 Å². The van der Waals surface area contributed by atoms with Gasteiger partial charge in [0, 0.05) is 11.1 Å². The second-order valence-corrected chi connectivity index (χ2v) is 7.64. The molecule has 0 aliphatic carbocycles. The maximum Gasteiger partial charge on any atom is 0.390 e. The Hall–Kier alpha value is -3.47. The summed E-state index contributed by atoms with van der Waals surface area (Å²) in [6, 6.07) is 3.47. The predicted octanol–water partition coefficient (Wildman–Crippen LogP) is 2.97. The van der Waals surface area contributed by atoms with E-state index in [1.54, 1.807) is 29.1 Å². The van der Waals surface area contributed by atoms with Gasteiger partial charge in [0.25, 0.3) is 0 Å². The van der Waals surface area contributed by atoms with Crippen LogP contribution in [0.1, 0.15) is 22.8 Å². The summed E-state index contributed by atoms with van der Waals surface area (Å²) in [6.45, 7) is 6.03. The molecule has 0 unspecified atom stereocenters. The first-order valence-electron chi connectivity index (χ1n) is 8.50. The van der Waals surface area contributed by atoms with Crippen molar-refractivity contribution in [3.05, 3.63) is 51.4 Å². The number of hydrogen-bond acceptors (Lipinski definition) is 8. The normalized spacial score (nSPS) is 11.8. The predicted molar refractivity (Wildman–Crippen MR) is 104 cm³/mol. The Balaban J connectivity index is 1.66. The molecule has 0 fully saturated rings. The zero-order valence-corrected chi connectivity index (χ0v) is 16.1. The Kier molecular flexibility index (Phi) is 3.43. The van der Waals surface area contributed by atoms with Crippen LogP contribution in [0.5, 0.6) is 0 Å². The number of thiophene rings is 1. The van der Waals surface area contributed by atoms with Gasteiger partial charge in [0.2, 0.25) is 0 Å². The van der Waals surface area contributed by atoms with E-state index in [4.69, 9.17) is 0 Å². The van der Waals surface area contributed by atoms with E-state index < -0.39 is 4.92 Å². The lowest BCUT2D eigenvalue weighted by Gasteiger charge is -1.98. The third kappa shape index (κ3) is 2.43. The molecule has 5 heterocycles. The number of fused-ring (bicyclic) bond motifs is 5. The van der Waals surface area contributed by atoms with Crippen LogP contribution in [-0.2, 0) is 6.54 Å². The second kappa shape index (κ2) is 5.76. The molecule has 140 valence electrons. The first kappa shape index (κ1) is 16.7. The Labute approximate surface area is 161 Å². The summed E-state index contributed by atoms with van der Waals surface area (Å²) in [5.41, 5.74) is 4.32. The van der Waals surface area contributed by atoms with Crippen LogP contribution in [0.2, 0.25) is 0 Å². The fraction of sp³-hybridized carbons (Fsp3) is 0.235. The third-order valence-electron chi connectivity index (χ3n) is 4.58. The van der Waals surface area contributed by atoms with Gasteiger partial charge in [-0.2, -0.15) is 4.68 Å². The van der Waals surface area contributed by atoms with E-state index in [9.17, 15) is 10.1 Å². The van der Waals surface area contributed by atoms with E-state index in [0.717, 1.165) is 31.7 Å². The molecule has 5 rings (SSSR count). The molecule has 5 aromatic rings. The van der Waals surface area contributed by atoms with E-state index >= 15 is 0 Å². The van der Waals surface area contributed by atoms with Crippen LogP contribution in [0.15, 0.2) is 18.5 Å². The Morgan fingerprint density at radius 1 is 1.18 bits per heavy atom. The summed E-state index contributed by atoms with van der Waals surface area (Å²) in [6.07, 6.45) is 1.64. The highest BCUT2D eigenvalue weighted by atomic mass is 32.1. The van der Waals surface area contributed by atoms with E-state index in [2.05, 4.69) is 32.1 Å². The summed E-state index contributed by atoms with van der Waals surface area (Å²) in [5, 5.41) is 20.4. The van der Waals surface area contributed by atoms with Gasteiger partial charge >= 0.3 is 5.82 Å². The lowest BCUT2D eigenvalue weighted by molar-refractivity contribution is -0.389. The van der Waals surface area contributed by atoms with E-state index in [1.807, 2.05) is 13.0 Å². The molecule has 0 saturated heterocycles.